The number of carbonyl (C=O) groups is 2. The third-order valence-corrected chi connectivity index (χ3v) is 5.99. The van der Waals surface area contributed by atoms with Crippen molar-refractivity contribution in [3.05, 3.63) is 74.8 Å². The summed E-state index contributed by atoms with van der Waals surface area (Å²) in [6.07, 6.45) is 0.0553. The number of carboxylic acid groups (broad SMARTS) is 1. The van der Waals surface area contributed by atoms with Crippen LogP contribution in [-0.4, -0.2) is 32.7 Å². The molecular weight excluding hydrogens is 482 g/mol. The zero-order valence-corrected chi connectivity index (χ0v) is 19.0. The maximum absolute atomic E-state index is 12.9. The maximum atomic E-state index is 12.9. The lowest BCUT2D eigenvalue weighted by atomic mass is 9.98. The second-order valence-corrected chi connectivity index (χ2v) is 8.75. The molecular formula is C23H19BrClN3O3. The predicted molar refractivity (Wildman–Crippen MR) is 123 cm³/mol. The van der Waals surface area contributed by atoms with Gasteiger partial charge in [0.1, 0.15) is 5.15 Å². The van der Waals surface area contributed by atoms with Crippen LogP contribution in [0.25, 0.3) is 10.9 Å². The summed E-state index contributed by atoms with van der Waals surface area (Å²) in [7, 11) is 0. The summed E-state index contributed by atoms with van der Waals surface area (Å²) in [6, 6.07) is 15.1. The van der Waals surface area contributed by atoms with Gasteiger partial charge in [0.05, 0.1) is 23.7 Å². The third kappa shape index (κ3) is 4.62. The van der Waals surface area contributed by atoms with E-state index in [4.69, 9.17) is 16.7 Å². The van der Waals surface area contributed by atoms with Crippen LogP contribution in [0.1, 0.15) is 42.0 Å². The molecule has 31 heavy (non-hydrogen) atoms. The number of pyridine rings is 1. The molecule has 0 aliphatic carbocycles. The molecule has 1 atom stereocenters. The molecule has 158 valence electrons. The average Bonchev–Trinajstić information content (AvgIpc) is 3.16. The van der Waals surface area contributed by atoms with E-state index in [0.717, 1.165) is 32.2 Å². The Morgan fingerprint density at radius 1 is 1.19 bits per heavy atom. The molecule has 0 radical (unpaired) electrons. The molecule has 0 unspecified atom stereocenters. The quantitative estimate of drug-likeness (QED) is 0.469. The van der Waals surface area contributed by atoms with Crippen LogP contribution in [-0.2, 0) is 9.59 Å². The lowest BCUT2D eigenvalue weighted by Gasteiger charge is -2.23. The molecule has 1 aliphatic rings. The van der Waals surface area contributed by atoms with E-state index in [2.05, 4.69) is 26.0 Å². The van der Waals surface area contributed by atoms with Crippen molar-refractivity contribution in [1.29, 1.82) is 0 Å². The summed E-state index contributed by atoms with van der Waals surface area (Å²) in [5, 5.41) is 16.2. The summed E-state index contributed by atoms with van der Waals surface area (Å²) in [5.41, 5.74) is 4.16. The van der Waals surface area contributed by atoms with Crippen molar-refractivity contribution in [3.63, 3.8) is 0 Å². The molecule has 3 aromatic rings. The van der Waals surface area contributed by atoms with Gasteiger partial charge in [0.25, 0.3) is 0 Å². The van der Waals surface area contributed by atoms with Crippen molar-refractivity contribution in [3.8, 4) is 0 Å². The van der Waals surface area contributed by atoms with E-state index >= 15 is 0 Å². The molecule has 4 rings (SSSR count). The fraction of sp³-hybridized carbons (Fsp3) is 0.217. The Balaban J connectivity index is 1.75. The van der Waals surface area contributed by atoms with Gasteiger partial charge < -0.3 is 5.11 Å². The molecule has 6 nitrogen and oxygen atoms in total. The number of rotatable bonds is 5. The van der Waals surface area contributed by atoms with Crippen molar-refractivity contribution in [2.24, 2.45) is 5.10 Å². The van der Waals surface area contributed by atoms with Gasteiger partial charge in [-0.15, -0.1) is 0 Å². The number of hydrazone groups is 1. The summed E-state index contributed by atoms with van der Waals surface area (Å²) in [6.45, 7) is 1.99. The van der Waals surface area contributed by atoms with Gasteiger partial charge in [-0.2, -0.15) is 5.10 Å². The Labute approximate surface area is 192 Å². The molecule has 0 fully saturated rings. The molecule has 1 aliphatic heterocycles. The van der Waals surface area contributed by atoms with Crippen LogP contribution in [0.2, 0.25) is 5.15 Å². The highest BCUT2D eigenvalue weighted by molar-refractivity contribution is 9.10. The van der Waals surface area contributed by atoms with E-state index in [0.29, 0.717) is 17.1 Å². The Hall–Kier alpha value is -2.77. The highest BCUT2D eigenvalue weighted by Crippen LogP contribution is 2.38. The van der Waals surface area contributed by atoms with Crippen molar-refractivity contribution < 1.29 is 14.7 Å². The van der Waals surface area contributed by atoms with Crippen molar-refractivity contribution >= 4 is 56.0 Å². The molecule has 0 bridgehead atoms. The van der Waals surface area contributed by atoms with E-state index < -0.39 is 12.0 Å². The Kier molecular flexibility index (Phi) is 6.07. The lowest BCUT2D eigenvalue weighted by molar-refractivity contribution is -0.141. The number of carboxylic acids is 1. The first-order chi connectivity index (χ1) is 14.8. The first kappa shape index (κ1) is 21.5. The minimum atomic E-state index is -1.03. The Bertz CT molecular complexity index is 1230. The number of benzene rings is 2. The normalized spacial score (nSPS) is 15.9. The monoisotopic (exact) mass is 499 g/mol. The second-order valence-electron chi connectivity index (χ2n) is 7.47. The van der Waals surface area contributed by atoms with Gasteiger partial charge in [-0.05, 0) is 42.3 Å². The summed E-state index contributed by atoms with van der Waals surface area (Å²) in [5.74, 6) is -1.39. The van der Waals surface area contributed by atoms with Crippen molar-refractivity contribution in [2.75, 3.05) is 0 Å². The van der Waals surface area contributed by atoms with Gasteiger partial charge in [0.15, 0.2) is 0 Å². The van der Waals surface area contributed by atoms with Crippen LogP contribution in [0, 0.1) is 6.92 Å². The van der Waals surface area contributed by atoms with Crippen LogP contribution >= 0.6 is 27.5 Å². The third-order valence-electron chi connectivity index (χ3n) is 5.19. The van der Waals surface area contributed by atoms with Crippen LogP contribution in [0.15, 0.2) is 58.1 Å². The molecule has 0 saturated carbocycles. The number of hydrogen-bond donors (Lipinski definition) is 1. The van der Waals surface area contributed by atoms with E-state index in [1.165, 1.54) is 5.01 Å². The molecule has 0 saturated heterocycles. The molecule has 1 N–H and O–H groups in total. The van der Waals surface area contributed by atoms with Gasteiger partial charge in [-0.25, -0.2) is 9.99 Å². The smallest absolute Gasteiger partial charge is 0.303 e. The first-order valence-electron chi connectivity index (χ1n) is 9.76. The van der Waals surface area contributed by atoms with Crippen LogP contribution < -0.4 is 0 Å². The number of nitrogens with zero attached hydrogens (tertiary/aromatic N) is 3. The van der Waals surface area contributed by atoms with Gasteiger partial charge in [0.2, 0.25) is 5.91 Å². The Morgan fingerprint density at radius 3 is 2.74 bits per heavy atom. The lowest BCUT2D eigenvalue weighted by Crippen LogP contribution is -2.27. The Morgan fingerprint density at radius 2 is 2.00 bits per heavy atom. The van der Waals surface area contributed by atoms with Gasteiger partial charge >= 0.3 is 5.97 Å². The van der Waals surface area contributed by atoms with E-state index in [-0.39, 0.29) is 18.7 Å². The zero-order chi connectivity index (χ0) is 22.1. The number of amides is 1. The van der Waals surface area contributed by atoms with Crippen molar-refractivity contribution in [2.45, 2.75) is 32.2 Å². The average molecular weight is 501 g/mol. The van der Waals surface area contributed by atoms with Gasteiger partial charge in [0, 0.05) is 28.3 Å². The molecule has 1 amide bonds. The molecule has 0 spiro atoms. The first-order valence-corrected chi connectivity index (χ1v) is 10.9. The number of hydrogen-bond acceptors (Lipinski definition) is 4. The SMILES string of the molecule is Cc1ccc2cc([C@H]3CC(c4cccc(Br)c4)=NN3C(=O)CCC(=O)O)c(Cl)nc2c1. The van der Waals surface area contributed by atoms with E-state index in [9.17, 15) is 9.59 Å². The van der Waals surface area contributed by atoms with Crippen LogP contribution in [0.3, 0.4) is 0 Å². The molecule has 8 heteroatoms. The predicted octanol–water partition coefficient (Wildman–Crippen LogP) is 5.50. The summed E-state index contributed by atoms with van der Waals surface area (Å²) >= 11 is 10.0. The number of carbonyl (C=O) groups excluding carboxylic acids is 1. The minimum absolute atomic E-state index is 0.140. The molecule has 2 heterocycles. The topological polar surface area (TPSA) is 82.9 Å². The fourth-order valence-electron chi connectivity index (χ4n) is 3.66. The van der Waals surface area contributed by atoms with Crippen LogP contribution in [0.4, 0.5) is 0 Å². The van der Waals surface area contributed by atoms with Crippen molar-refractivity contribution in [1.82, 2.24) is 9.99 Å². The van der Waals surface area contributed by atoms with E-state index in [1.54, 1.807) is 0 Å². The van der Waals surface area contributed by atoms with Gasteiger partial charge in [-0.3, -0.25) is 9.59 Å². The highest BCUT2D eigenvalue weighted by atomic mass is 79.9. The summed E-state index contributed by atoms with van der Waals surface area (Å²) in [4.78, 5) is 28.4. The fourth-order valence-corrected chi connectivity index (χ4v) is 4.33. The number of aromatic nitrogens is 1. The molecule has 2 aromatic carbocycles. The minimum Gasteiger partial charge on any atom is -0.481 e. The highest BCUT2D eigenvalue weighted by Gasteiger charge is 2.35. The van der Waals surface area contributed by atoms with E-state index in [1.807, 2.05) is 55.5 Å². The van der Waals surface area contributed by atoms with Crippen LogP contribution in [0.5, 0.6) is 0 Å². The zero-order valence-electron chi connectivity index (χ0n) is 16.7. The number of halogens is 2. The standard InChI is InChI=1S/C23H19BrClN3O3/c1-13-5-6-15-11-17(23(25)26-18(15)9-13)20-12-19(14-3-2-4-16(24)10-14)27-28(20)21(29)7-8-22(30)31/h2-6,9-11,20H,7-8,12H2,1H3,(H,30,31)/t20-/m1/s1. The molecule has 1 aromatic heterocycles. The number of aliphatic carboxylic acids is 1. The second kappa shape index (κ2) is 8.77. The number of aryl methyl sites for hydroxylation is 1. The maximum Gasteiger partial charge on any atom is 0.303 e. The largest absolute Gasteiger partial charge is 0.481 e. The number of fused-ring (bicyclic) bond motifs is 1. The summed E-state index contributed by atoms with van der Waals surface area (Å²) < 4.78 is 0.903. The van der Waals surface area contributed by atoms with Gasteiger partial charge in [-0.1, -0.05) is 51.8 Å².